The normalized spacial score (nSPS) is 19.3. The Morgan fingerprint density at radius 3 is 1.81 bits per heavy atom. The summed E-state index contributed by atoms with van der Waals surface area (Å²) in [5, 5.41) is 1.48. The molecule has 2 aromatic carbocycles. The molecular weight excluding hydrogens is 500 g/mol. The summed E-state index contributed by atoms with van der Waals surface area (Å²) in [4.78, 5) is 8.88. The van der Waals surface area contributed by atoms with E-state index in [1.807, 2.05) is 24.3 Å². The highest BCUT2D eigenvalue weighted by Gasteiger charge is 2.52. The van der Waals surface area contributed by atoms with Gasteiger partial charge in [-0.2, -0.15) is 8.61 Å². The van der Waals surface area contributed by atoms with Crippen LogP contribution in [0.3, 0.4) is 0 Å². The van der Waals surface area contributed by atoms with Crippen LogP contribution >= 0.6 is 0 Å². The number of hydrogen-bond acceptors (Lipinski definition) is 7. The second kappa shape index (κ2) is 8.56. The van der Waals surface area contributed by atoms with Crippen molar-refractivity contribution in [3.05, 3.63) is 73.1 Å². The van der Waals surface area contributed by atoms with Crippen molar-refractivity contribution in [2.24, 2.45) is 0 Å². The molecule has 0 aliphatic carbocycles. The average Bonchev–Trinajstić information content (AvgIpc) is 3.31. The molecule has 1 spiro atoms. The van der Waals surface area contributed by atoms with Gasteiger partial charge in [-0.3, -0.25) is 9.97 Å². The number of piperidine rings is 1. The molecule has 2 aliphatic heterocycles. The number of sulfonamides is 2. The van der Waals surface area contributed by atoms with Crippen LogP contribution in [0.2, 0.25) is 0 Å². The number of rotatable bonds is 4. The Kier molecular flexibility index (Phi) is 5.58. The van der Waals surface area contributed by atoms with Crippen LogP contribution < -0.4 is 0 Å². The molecule has 4 heterocycles. The summed E-state index contributed by atoms with van der Waals surface area (Å²) in [6.07, 6.45) is 3.59. The molecule has 0 radical (unpaired) electrons. The zero-order chi connectivity index (χ0) is 25.0. The topological polar surface area (TPSA) is 110 Å². The van der Waals surface area contributed by atoms with Crippen LogP contribution in [0.15, 0.2) is 82.8 Å². The van der Waals surface area contributed by atoms with Gasteiger partial charge in [0.15, 0.2) is 0 Å². The van der Waals surface area contributed by atoms with Crippen LogP contribution in [-0.4, -0.2) is 67.4 Å². The van der Waals surface area contributed by atoms with E-state index >= 15 is 0 Å². The summed E-state index contributed by atoms with van der Waals surface area (Å²) in [7, 11) is -7.77. The van der Waals surface area contributed by atoms with Crippen LogP contribution in [0, 0.1) is 0 Å². The van der Waals surface area contributed by atoms with Crippen molar-refractivity contribution in [1.29, 1.82) is 0 Å². The summed E-state index contributed by atoms with van der Waals surface area (Å²) >= 11 is 0. The Balaban J connectivity index is 1.30. The lowest BCUT2D eigenvalue weighted by molar-refractivity contribution is -0.0806. The Morgan fingerprint density at radius 2 is 1.22 bits per heavy atom. The first-order chi connectivity index (χ1) is 17.3. The molecule has 9 nitrogen and oxygen atoms in total. The van der Waals surface area contributed by atoms with Gasteiger partial charge in [0, 0.05) is 55.6 Å². The van der Waals surface area contributed by atoms with Crippen LogP contribution in [0.1, 0.15) is 12.8 Å². The molecule has 0 N–H and O–H groups in total. The first kappa shape index (κ1) is 23.4. The van der Waals surface area contributed by atoms with E-state index in [1.54, 1.807) is 48.8 Å². The highest BCUT2D eigenvalue weighted by atomic mass is 32.2. The van der Waals surface area contributed by atoms with Crippen LogP contribution in [-0.2, 0) is 24.8 Å². The molecule has 2 aromatic heterocycles. The lowest BCUT2D eigenvalue weighted by Crippen LogP contribution is -2.55. The van der Waals surface area contributed by atoms with Gasteiger partial charge in [0.2, 0.25) is 20.0 Å². The van der Waals surface area contributed by atoms with E-state index < -0.39 is 25.8 Å². The summed E-state index contributed by atoms with van der Waals surface area (Å²) < 4.78 is 63.6. The van der Waals surface area contributed by atoms with Crippen molar-refractivity contribution in [3.8, 4) is 0 Å². The van der Waals surface area contributed by atoms with E-state index in [2.05, 4.69) is 9.97 Å². The third-order valence-electron chi connectivity index (χ3n) is 7.00. The van der Waals surface area contributed by atoms with Gasteiger partial charge < -0.3 is 4.74 Å². The van der Waals surface area contributed by atoms with Crippen LogP contribution in [0.4, 0.5) is 0 Å². The highest BCUT2D eigenvalue weighted by molar-refractivity contribution is 7.89. The van der Waals surface area contributed by atoms with Crippen molar-refractivity contribution >= 4 is 41.9 Å². The maximum Gasteiger partial charge on any atom is 0.247 e. The fraction of sp³-hybridized carbons (Fsp3) is 0.280. The molecule has 36 heavy (non-hydrogen) atoms. The molecular formula is C25H24N4O5S2. The molecule has 4 aromatic rings. The first-order valence-electron chi connectivity index (χ1n) is 11.7. The smallest absolute Gasteiger partial charge is 0.247 e. The largest absolute Gasteiger partial charge is 0.358 e. The van der Waals surface area contributed by atoms with Crippen LogP contribution in [0.25, 0.3) is 21.8 Å². The number of ether oxygens (including phenoxy) is 1. The van der Waals surface area contributed by atoms with Gasteiger partial charge in [0.1, 0.15) is 15.5 Å². The van der Waals surface area contributed by atoms with Gasteiger partial charge in [-0.1, -0.05) is 36.4 Å². The molecule has 2 saturated heterocycles. The van der Waals surface area contributed by atoms with E-state index in [0.29, 0.717) is 11.0 Å². The molecule has 0 saturated carbocycles. The molecule has 0 atom stereocenters. The molecule has 6 rings (SSSR count). The molecule has 186 valence electrons. The summed E-state index contributed by atoms with van der Waals surface area (Å²) in [6.45, 7) is 0.708. The van der Waals surface area contributed by atoms with Crippen molar-refractivity contribution < 1.29 is 21.6 Å². The minimum atomic E-state index is -3.94. The molecule has 0 unspecified atom stereocenters. The Morgan fingerprint density at radius 1 is 0.694 bits per heavy atom. The molecule has 2 aliphatic rings. The number of aromatic nitrogens is 2. The standard InChI is InChI=1S/C25H24N4O5S2/c30-35(31,21-9-1-5-19-7-3-13-26-23(19)21)28-15-11-25(12-16-28)29(17-18-34-25)36(32,33)22-10-2-6-20-8-4-14-27-24(20)22/h1-10,13-14H,11-12,15-18H2. The zero-order valence-electron chi connectivity index (χ0n) is 19.3. The van der Waals surface area contributed by atoms with Crippen LogP contribution in [0.5, 0.6) is 0 Å². The molecule has 2 fully saturated rings. The van der Waals surface area contributed by atoms with Crippen molar-refractivity contribution in [1.82, 2.24) is 18.6 Å². The van der Waals surface area contributed by atoms with Gasteiger partial charge in [-0.25, -0.2) is 16.8 Å². The maximum absolute atomic E-state index is 13.8. The minimum Gasteiger partial charge on any atom is -0.358 e. The average molecular weight is 525 g/mol. The number of fused-ring (bicyclic) bond motifs is 2. The van der Waals surface area contributed by atoms with E-state index in [0.717, 1.165) is 10.8 Å². The van der Waals surface area contributed by atoms with Gasteiger partial charge in [0.25, 0.3) is 0 Å². The zero-order valence-corrected chi connectivity index (χ0v) is 21.0. The van der Waals surface area contributed by atoms with E-state index in [9.17, 15) is 16.8 Å². The fourth-order valence-electron chi connectivity index (χ4n) is 5.23. The van der Waals surface area contributed by atoms with E-state index in [1.165, 1.54) is 8.61 Å². The first-order valence-corrected chi connectivity index (χ1v) is 14.6. The highest BCUT2D eigenvalue weighted by Crippen LogP contribution is 2.40. The number of benzene rings is 2. The molecule has 0 amide bonds. The third kappa shape index (κ3) is 3.61. The molecule has 0 bridgehead atoms. The predicted octanol–water partition coefficient (Wildman–Crippen LogP) is 2.98. The van der Waals surface area contributed by atoms with E-state index in [4.69, 9.17) is 4.74 Å². The lowest BCUT2D eigenvalue weighted by atomic mass is 10.0. The van der Waals surface area contributed by atoms with Gasteiger partial charge in [0.05, 0.1) is 17.6 Å². The second-order valence-corrected chi connectivity index (χ2v) is 12.7. The Bertz CT molecular complexity index is 1670. The number of hydrogen-bond donors (Lipinski definition) is 0. The number of pyridine rings is 2. The maximum atomic E-state index is 13.8. The quantitative estimate of drug-likeness (QED) is 0.404. The predicted molar refractivity (Wildman–Crippen MR) is 134 cm³/mol. The fourth-order valence-corrected chi connectivity index (χ4v) is 8.73. The lowest BCUT2D eigenvalue weighted by Gasteiger charge is -2.42. The van der Waals surface area contributed by atoms with Gasteiger partial charge >= 0.3 is 0 Å². The SMILES string of the molecule is O=S(=O)(c1cccc2cccnc12)N1CCC2(CC1)OCCN2S(=O)(=O)c1cccc2cccnc12. The van der Waals surface area contributed by atoms with E-state index in [-0.39, 0.29) is 48.9 Å². The molecule has 11 heteroatoms. The van der Waals surface area contributed by atoms with Gasteiger partial charge in [-0.15, -0.1) is 0 Å². The van der Waals surface area contributed by atoms with Crippen molar-refractivity contribution in [3.63, 3.8) is 0 Å². The van der Waals surface area contributed by atoms with Crippen molar-refractivity contribution in [2.75, 3.05) is 26.2 Å². The van der Waals surface area contributed by atoms with Crippen molar-refractivity contribution in [2.45, 2.75) is 28.4 Å². The number of para-hydroxylation sites is 2. The van der Waals surface area contributed by atoms with Gasteiger partial charge in [-0.05, 0) is 24.3 Å². The summed E-state index contributed by atoms with van der Waals surface area (Å²) in [6, 6.07) is 17.3. The Labute approximate surface area is 209 Å². The second-order valence-electron chi connectivity index (χ2n) is 8.94. The monoisotopic (exact) mass is 524 g/mol. The third-order valence-corrected chi connectivity index (χ3v) is 10.9. The summed E-state index contributed by atoms with van der Waals surface area (Å²) in [5.74, 6) is 0. The Hall–Kier alpha value is -2.96. The minimum absolute atomic E-state index is 0.127. The summed E-state index contributed by atoms with van der Waals surface area (Å²) in [5.41, 5.74) is -0.269. The number of nitrogens with zero attached hydrogens (tertiary/aromatic N) is 4.